The highest BCUT2D eigenvalue weighted by Gasteiger charge is 2.34. The third-order valence-electron chi connectivity index (χ3n) is 5.17. The molecule has 4 rings (SSSR count). The second-order valence-corrected chi connectivity index (χ2v) is 8.21. The Morgan fingerprint density at radius 2 is 1.91 bits per heavy atom. The lowest BCUT2D eigenvalue weighted by molar-refractivity contribution is -0.137. The van der Waals surface area contributed by atoms with E-state index < -0.39 is 18.0 Å². The van der Waals surface area contributed by atoms with E-state index >= 15 is 0 Å². The summed E-state index contributed by atoms with van der Waals surface area (Å²) >= 11 is 1.16. The fraction of sp³-hybridized carbons (Fsp3) is 0.350. The smallest absolute Gasteiger partial charge is 0.363 e. The highest BCUT2D eigenvalue weighted by Crippen LogP contribution is 2.38. The predicted octanol–water partition coefficient (Wildman–Crippen LogP) is 2.79. The molecule has 3 aromatic rings. The summed E-state index contributed by atoms with van der Waals surface area (Å²) in [6.45, 7) is 2.35. The van der Waals surface area contributed by atoms with E-state index in [1.54, 1.807) is 10.3 Å². The molecule has 12 heteroatoms. The van der Waals surface area contributed by atoms with E-state index in [4.69, 9.17) is 10.2 Å². The van der Waals surface area contributed by atoms with Crippen LogP contribution in [-0.4, -0.2) is 67.0 Å². The van der Waals surface area contributed by atoms with Crippen molar-refractivity contribution in [3.05, 3.63) is 58.9 Å². The molecule has 32 heavy (non-hydrogen) atoms. The third-order valence-corrected chi connectivity index (χ3v) is 5.98. The van der Waals surface area contributed by atoms with Gasteiger partial charge in [-0.2, -0.15) is 23.0 Å². The van der Waals surface area contributed by atoms with Gasteiger partial charge in [0.2, 0.25) is 0 Å². The molecule has 3 heterocycles. The summed E-state index contributed by atoms with van der Waals surface area (Å²) in [5.74, 6) is 0. The Morgan fingerprint density at radius 3 is 2.50 bits per heavy atom. The van der Waals surface area contributed by atoms with E-state index in [1.807, 2.05) is 0 Å². The molecule has 1 amide bonds. The number of nitrogens with zero attached hydrogens (tertiary/aromatic N) is 5. The van der Waals surface area contributed by atoms with Crippen LogP contribution in [0.5, 0.6) is 0 Å². The normalized spacial score (nSPS) is 15.5. The standard InChI is InChI=1S/C20H20F3N5O3S/c21-20(22,23)15-2-1-13(11-14(15)17-24-4-10-32-17)12-26-6-8-27(9-7-26)19(31)28-5-3-16(25-28)18(29)30/h1-5,10-11,18,29-30H,6-9,12H2. The first kappa shape index (κ1) is 22.4. The Morgan fingerprint density at radius 1 is 1.16 bits per heavy atom. The van der Waals surface area contributed by atoms with Crippen LogP contribution in [0.15, 0.2) is 42.0 Å². The zero-order valence-corrected chi connectivity index (χ0v) is 17.6. The first-order valence-electron chi connectivity index (χ1n) is 9.75. The molecule has 0 aliphatic carbocycles. The quantitative estimate of drug-likeness (QED) is 0.573. The maximum absolute atomic E-state index is 13.4. The number of rotatable bonds is 4. The van der Waals surface area contributed by atoms with Gasteiger partial charge in [-0.3, -0.25) is 4.90 Å². The third kappa shape index (κ3) is 4.83. The van der Waals surface area contributed by atoms with E-state index in [0.717, 1.165) is 27.6 Å². The molecule has 1 aromatic carbocycles. The van der Waals surface area contributed by atoms with Crippen LogP contribution >= 0.6 is 11.3 Å². The lowest BCUT2D eigenvalue weighted by atomic mass is 10.0. The number of carbonyl (C=O) groups excluding carboxylic acids is 1. The SMILES string of the molecule is O=C(N1CCN(Cc2ccc(C(F)(F)F)c(-c3nccs3)c2)CC1)n1ccc(C(O)O)n1. The zero-order valence-electron chi connectivity index (χ0n) is 16.7. The van der Waals surface area contributed by atoms with Crippen molar-refractivity contribution in [3.8, 4) is 10.6 Å². The average Bonchev–Trinajstić information content (AvgIpc) is 3.45. The number of hydrogen-bond acceptors (Lipinski definition) is 7. The predicted molar refractivity (Wildman–Crippen MR) is 110 cm³/mol. The molecule has 8 nitrogen and oxygen atoms in total. The number of thiazole rings is 1. The largest absolute Gasteiger partial charge is 0.417 e. The molecule has 0 spiro atoms. The van der Waals surface area contributed by atoms with E-state index in [0.29, 0.717) is 37.7 Å². The first-order chi connectivity index (χ1) is 15.2. The monoisotopic (exact) mass is 467 g/mol. The zero-order chi connectivity index (χ0) is 22.9. The van der Waals surface area contributed by atoms with Crippen molar-refractivity contribution in [2.75, 3.05) is 26.2 Å². The van der Waals surface area contributed by atoms with Crippen molar-refractivity contribution in [1.82, 2.24) is 24.6 Å². The van der Waals surface area contributed by atoms with Gasteiger partial charge in [0.15, 0.2) is 6.29 Å². The van der Waals surface area contributed by atoms with Crippen molar-refractivity contribution in [1.29, 1.82) is 0 Å². The molecule has 1 saturated heterocycles. The maximum Gasteiger partial charge on any atom is 0.417 e. The fourth-order valence-electron chi connectivity index (χ4n) is 3.55. The molecule has 2 aromatic heterocycles. The number of benzene rings is 1. The number of hydrogen-bond donors (Lipinski definition) is 2. The summed E-state index contributed by atoms with van der Waals surface area (Å²) in [5, 5.41) is 24.1. The van der Waals surface area contributed by atoms with E-state index in [1.165, 1.54) is 30.6 Å². The second kappa shape index (κ2) is 8.98. The number of alkyl halides is 3. The number of amides is 1. The first-order valence-corrected chi connectivity index (χ1v) is 10.6. The van der Waals surface area contributed by atoms with Crippen LogP contribution in [0.3, 0.4) is 0 Å². The van der Waals surface area contributed by atoms with Gasteiger partial charge in [-0.1, -0.05) is 6.07 Å². The van der Waals surface area contributed by atoms with Crippen molar-refractivity contribution in [2.45, 2.75) is 19.0 Å². The number of aliphatic hydroxyl groups is 2. The maximum atomic E-state index is 13.4. The van der Waals surface area contributed by atoms with Crippen molar-refractivity contribution >= 4 is 17.4 Å². The molecule has 2 N–H and O–H groups in total. The lowest BCUT2D eigenvalue weighted by Crippen LogP contribution is -2.49. The molecule has 1 aliphatic heterocycles. The molecule has 0 saturated carbocycles. The minimum Gasteiger partial charge on any atom is -0.363 e. The van der Waals surface area contributed by atoms with Crippen molar-refractivity contribution in [3.63, 3.8) is 0 Å². The van der Waals surface area contributed by atoms with Gasteiger partial charge in [0.1, 0.15) is 10.7 Å². The number of carbonyl (C=O) groups is 1. The Kier molecular flexibility index (Phi) is 6.29. The van der Waals surface area contributed by atoms with E-state index in [2.05, 4.69) is 15.0 Å². The van der Waals surface area contributed by atoms with E-state index in [9.17, 15) is 18.0 Å². The summed E-state index contributed by atoms with van der Waals surface area (Å²) < 4.78 is 41.3. The van der Waals surface area contributed by atoms with Gasteiger partial charge >= 0.3 is 12.2 Å². The van der Waals surface area contributed by atoms with Gasteiger partial charge < -0.3 is 15.1 Å². The molecule has 0 unspecified atom stereocenters. The lowest BCUT2D eigenvalue weighted by Gasteiger charge is -2.34. The Balaban J connectivity index is 1.42. The van der Waals surface area contributed by atoms with Crippen molar-refractivity contribution in [2.24, 2.45) is 0 Å². The summed E-state index contributed by atoms with van der Waals surface area (Å²) in [6, 6.07) is 5.07. The summed E-state index contributed by atoms with van der Waals surface area (Å²) in [7, 11) is 0. The van der Waals surface area contributed by atoms with Gasteiger partial charge in [-0.25, -0.2) is 9.78 Å². The molecule has 1 aliphatic rings. The molecule has 170 valence electrons. The number of aromatic nitrogens is 3. The van der Waals surface area contributed by atoms with Gasteiger partial charge in [-0.05, 0) is 23.8 Å². The Hall–Kier alpha value is -2.80. The minimum atomic E-state index is -4.47. The number of piperazine rings is 1. The summed E-state index contributed by atoms with van der Waals surface area (Å²) in [4.78, 5) is 20.2. The minimum absolute atomic E-state index is 0.0182. The highest BCUT2D eigenvalue weighted by molar-refractivity contribution is 7.13. The molecular formula is C20H20F3N5O3S. The summed E-state index contributed by atoms with van der Waals surface area (Å²) in [6.07, 6.45) is -3.37. The van der Waals surface area contributed by atoms with Crippen LogP contribution in [0.25, 0.3) is 10.6 Å². The molecular weight excluding hydrogens is 447 g/mol. The van der Waals surface area contributed by atoms with Crippen LogP contribution in [0.4, 0.5) is 18.0 Å². The second-order valence-electron chi connectivity index (χ2n) is 7.32. The van der Waals surface area contributed by atoms with Crippen LogP contribution in [0, 0.1) is 0 Å². The number of halogens is 3. The van der Waals surface area contributed by atoms with Crippen molar-refractivity contribution < 1.29 is 28.2 Å². The van der Waals surface area contributed by atoms with Crippen LogP contribution in [-0.2, 0) is 12.7 Å². The number of aliphatic hydroxyl groups excluding tert-OH is 1. The Labute approximate surface area is 185 Å². The van der Waals surface area contributed by atoms with Crippen LogP contribution in [0.1, 0.15) is 23.1 Å². The van der Waals surface area contributed by atoms with Gasteiger partial charge in [0, 0.05) is 56.1 Å². The topological polar surface area (TPSA) is 94.7 Å². The van der Waals surface area contributed by atoms with Crippen LogP contribution < -0.4 is 0 Å². The summed E-state index contributed by atoms with van der Waals surface area (Å²) in [5.41, 5.74) is 0.0736. The highest BCUT2D eigenvalue weighted by atomic mass is 32.1. The van der Waals surface area contributed by atoms with Crippen LogP contribution in [0.2, 0.25) is 0 Å². The molecule has 0 radical (unpaired) electrons. The molecule has 1 fully saturated rings. The molecule has 0 bridgehead atoms. The Bertz CT molecular complexity index is 1080. The average molecular weight is 467 g/mol. The van der Waals surface area contributed by atoms with Gasteiger partial charge in [-0.15, -0.1) is 11.3 Å². The van der Waals surface area contributed by atoms with Gasteiger partial charge in [0.05, 0.1) is 5.56 Å². The van der Waals surface area contributed by atoms with E-state index in [-0.39, 0.29) is 17.3 Å². The fourth-order valence-corrected chi connectivity index (χ4v) is 4.22. The molecule has 0 atom stereocenters. The van der Waals surface area contributed by atoms with Gasteiger partial charge in [0.25, 0.3) is 0 Å².